The number of nitrogens with one attached hydrogen (secondary N) is 2. The first-order valence-electron chi connectivity index (χ1n) is 10.7. The van der Waals surface area contributed by atoms with Gasteiger partial charge in [0.2, 0.25) is 0 Å². The second kappa shape index (κ2) is 7.32. The summed E-state index contributed by atoms with van der Waals surface area (Å²) in [7, 11) is 0. The molecule has 2 aromatic rings. The Morgan fingerprint density at radius 3 is 2.59 bits per heavy atom. The summed E-state index contributed by atoms with van der Waals surface area (Å²) in [5.41, 5.74) is 4.19. The van der Waals surface area contributed by atoms with Crippen LogP contribution in [0.25, 0.3) is 0 Å². The van der Waals surface area contributed by atoms with Crippen molar-refractivity contribution in [3.63, 3.8) is 0 Å². The molecule has 29 heavy (non-hydrogen) atoms. The number of fused-ring (bicyclic) bond motifs is 2. The molecule has 1 amide bonds. The zero-order chi connectivity index (χ0) is 20.0. The summed E-state index contributed by atoms with van der Waals surface area (Å²) in [6.45, 7) is 0. The van der Waals surface area contributed by atoms with Gasteiger partial charge in [-0.15, -0.1) is 0 Å². The third-order valence-electron chi connectivity index (χ3n) is 7.12. The zero-order valence-corrected chi connectivity index (χ0v) is 17.2. The van der Waals surface area contributed by atoms with Gasteiger partial charge < -0.3 is 10.6 Å². The molecule has 1 heterocycles. The Balaban J connectivity index is 1.48. The Labute approximate surface area is 176 Å². The first kappa shape index (κ1) is 18.9. The fourth-order valence-electron chi connectivity index (χ4n) is 5.27. The van der Waals surface area contributed by atoms with Gasteiger partial charge in [0.1, 0.15) is 5.82 Å². The number of anilines is 1. The molecule has 1 aliphatic heterocycles. The summed E-state index contributed by atoms with van der Waals surface area (Å²) >= 11 is 6.05. The van der Waals surface area contributed by atoms with E-state index in [1.165, 1.54) is 30.9 Å². The average molecular weight is 413 g/mol. The second-order valence-electron chi connectivity index (χ2n) is 8.92. The van der Waals surface area contributed by atoms with Crippen molar-refractivity contribution in [2.24, 2.45) is 0 Å². The van der Waals surface area contributed by atoms with Gasteiger partial charge in [0.05, 0.1) is 11.1 Å². The number of rotatable bonds is 3. The SMILES string of the molecule is O=C(NC1CCC1)c1ccc2c(c1)C1(CCCC1)CC(c1ccc(F)c(Cl)c1)N2. The van der Waals surface area contributed by atoms with Crippen LogP contribution in [0.4, 0.5) is 10.1 Å². The van der Waals surface area contributed by atoms with Crippen molar-refractivity contribution in [3.05, 3.63) is 63.9 Å². The lowest BCUT2D eigenvalue weighted by atomic mass is 9.69. The van der Waals surface area contributed by atoms with Gasteiger partial charge in [-0.05, 0) is 85.4 Å². The maximum Gasteiger partial charge on any atom is 0.251 e. The van der Waals surface area contributed by atoms with E-state index < -0.39 is 0 Å². The van der Waals surface area contributed by atoms with Gasteiger partial charge in [0.15, 0.2) is 0 Å². The number of hydrogen-bond acceptors (Lipinski definition) is 2. The molecule has 2 aliphatic carbocycles. The van der Waals surface area contributed by atoms with Crippen molar-refractivity contribution >= 4 is 23.2 Å². The molecule has 5 heteroatoms. The van der Waals surface area contributed by atoms with E-state index in [1.54, 1.807) is 6.07 Å². The number of carbonyl (C=O) groups excluding carboxylic acids is 1. The first-order valence-corrected chi connectivity index (χ1v) is 11.1. The van der Waals surface area contributed by atoms with Crippen molar-refractivity contribution in [2.75, 3.05) is 5.32 Å². The third kappa shape index (κ3) is 3.42. The van der Waals surface area contributed by atoms with Gasteiger partial charge in [-0.1, -0.05) is 30.5 Å². The second-order valence-corrected chi connectivity index (χ2v) is 9.33. The maximum atomic E-state index is 13.6. The lowest BCUT2D eigenvalue weighted by Gasteiger charge is -2.41. The Kier molecular flexibility index (Phi) is 4.78. The molecule has 152 valence electrons. The standard InChI is InChI=1S/C24H26ClFN2O/c25-19-13-15(6-8-20(19)26)22-14-24(10-1-2-11-24)18-12-16(7-9-21(18)28-22)23(29)27-17-4-3-5-17/h6-9,12-13,17,22,28H,1-5,10-11,14H2,(H,27,29). The summed E-state index contributed by atoms with van der Waals surface area (Å²) in [5, 5.41) is 6.95. The highest BCUT2D eigenvalue weighted by Gasteiger charge is 2.43. The van der Waals surface area contributed by atoms with E-state index in [2.05, 4.69) is 16.7 Å². The minimum absolute atomic E-state index is 0.0399. The normalized spacial score (nSPS) is 22.6. The summed E-state index contributed by atoms with van der Waals surface area (Å²) in [5.74, 6) is -0.345. The van der Waals surface area contributed by atoms with E-state index in [0.717, 1.165) is 48.9 Å². The Morgan fingerprint density at radius 2 is 1.90 bits per heavy atom. The molecule has 1 spiro atoms. The van der Waals surface area contributed by atoms with Gasteiger partial charge in [-0.3, -0.25) is 4.79 Å². The summed E-state index contributed by atoms with van der Waals surface area (Å²) in [4.78, 5) is 12.7. The van der Waals surface area contributed by atoms with Gasteiger partial charge in [0.25, 0.3) is 5.91 Å². The monoisotopic (exact) mass is 412 g/mol. The highest BCUT2D eigenvalue weighted by atomic mass is 35.5. The smallest absolute Gasteiger partial charge is 0.251 e. The van der Waals surface area contributed by atoms with Gasteiger partial charge in [-0.2, -0.15) is 0 Å². The predicted octanol–water partition coefficient (Wildman–Crippen LogP) is 6.13. The number of amides is 1. The molecule has 3 nitrogen and oxygen atoms in total. The minimum atomic E-state index is -0.385. The first-order chi connectivity index (χ1) is 14.0. The quantitative estimate of drug-likeness (QED) is 0.636. The van der Waals surface area contributed by atoms with Crippen LogP contribution in [0.2, 0.25) is 5.02 Å². The van der Waals surface area contributed by atoms with Crippen molar-refractivity contribution in [2.45, 2.75) is 68.9 Å². The van der Waals surface area contributed by atoms with E-state index in [9.17, 15) is 9.18 Å². The molecule has 0 aromatic heterocycles. The van der Waals surface area contributed by atoms with Crippen molar-refractivity contribution < 1.29 is 9.18 Å². The molecule has 3 aliphatic rings. The maximum absolute atomic E-state index is 13.6. The predicted molar refractivity (Wildman–Crippen MR) is 114 cm³/mol. The van der Waals surface area contributed by atoms with Crippen molar-refractivity contribution in [1.29, 1.82) is 0 Å². The van der Waals surface area contributed by atoms with E-state index in [1.807, 2.05) is 18.2 Å². The average Bonchev–Trinajstić information content (AvgIpc) is 3.15. The number of carbonyl (C=O) groups is 1. The molecule has 2 fully saturated rings. The molecule has 1 atom stereocenters. The molecule has 2 saturated carbocycles. The van der Waals surface area contributed by atoms with Crippen LogP contribution in [0.15, 0.2) is 36.4 Å². The highest BCUT2D eigenvalue weighted by Crippen LogP contribution is 2.53. The fourth-order valence-corrected chi connectivity index (χ4v) is 5.46. The van der Waals surface area contributed by atoms with Crippen LogP contribution in [0.1, 0.15) is 78.9 Å². The van der Waals surface area contributed by atoms with Gasteiger partial charge in [0, 0.05) is 17.3 Å². The van der Waals surface area contributed by atoms with Crippen molar-refractivity contribution in [3.8, 4) is 0 Å². The van der Waals surface area contributed by atoms with E-state index in [-0.39, 0.29) is 28.2 Å². The van der Waals surface area contributed by atoms with Crippen molar-refractivity contribution in [1.82, 2.24) is 5.32 Å². The molecule has 0 radical (unpaired) electrons. The van der Waals surface area contributed by atoms with E-state index >= 15 is 0 Å². The lowest BCUT2D eigenvalue weighted by Crippen LogP contribution is -2.40. The number of hydrogen-bond donors (Lipinski definition) is 2. The molecule has 5 rings (SSSR count). The Bertz CT molecular complexity index is 950. The number of benzene rings is 2. The molecule has 2 aromatic carbocycles. The van der Waals surface area contributed by atoms with Gasteiger partial charge >= 0.3 is 0 Å². The van der Waals surface area contributed by atoms with Crippen LogP contribution in [0, 0.1) is 5.82 Å². The van der Waals surface area contributed by atoms with E-state index in [4.69, 9.17) is 11.6 Å². The third-order valence-corrected chi connectivity index (χ3v) is 7.41. The fraction of sp³-hybridized carbons (Fsp3) is 0.458. The zero-order valence-electron chi connectivity index (χ0n) is 16.4. The summed E-state index contributed by atoms with van der Waals surface area (Å²) in [6, 6.07) is 11.5. The lowest BCUT2D eigenvalue weighted by molar-refractivity contribution is 0.0916. The van der Waals surface area contributed by atoms with Crippen LogP contribution < -0.4 is 10.6 Å². The van der Waals surface area contributed by atoms with Crippen LogP contribution in [-0.2, 0) is 5.41 Å². The number of halogens is 2. The van der Waals surface area contributed by atoms with Crippen LogP contribution in [-0.4, -0.2) is 11.9 Å². The van der Waals surface area contributed by atoms with Crippen LogP contribution in [0.5, 0.6) is 0 Å². The minimum Gasteiger partial charge on any atom is -0.378 e. The molecule has 0 bridgehead atoms. The van der Waals surface area contributed by atoms with Crippen LogP contribution >= 0.6 is 11.6 Å². The summed E-state index contributed by atoms with van der Waals surface area (Å²) in [6.07, 6.45) is 8.98. The van der Waals surface area contributed by atoms with Crippen LogP contribution in [0.3, 0.4) is 0 Å². The molecular formula is C24H26ClFN2O. The Hall–Kier alpha value is -2.07. The molecule has 0 saturated heterocycles. The molecular weight excluding hydrogens is 387 g/mol. The molecule has 2 N–H and O–H groups in total. The molecule has 1 unspecified atom stereocenters. The highest BCUT2D eigenvalue weighted by molar-refractivity contribution is 6.30. The largest absolute Gasteiger partial charge is 0.378 e. The van der Waals surface area contributed by atoms with E-state index in [0.29, 0.717) is 6.04 Å². The topological polar surface area (TPSA) is 41.1 Å². The van der Waals surface area contributed by atoms with Gasteiger partial charge in [-0.25, -0.2) is 4.39 Å². The Morgan fingerprint density at radius 1 is 1.10 bits per heavy atom. The summed E-state index contributed by atoms with van der Waals surface area (Å²) < 4.78 is 13.6.